The largest absolute Gasteiger partial charge is 0.497 e. The summed E-state index contributed by atoms with van der Waals surface area (Å²) in [7, 11) is 1.63. The molecule has 1 atom stereocenters. The van der Waals surface area contributed by atoms with Crippen LogP contribution in [-0.4, -0.2) is 42.7 Å². The Balaban J connectivity index is 1.27. The summed E-state index contributed by atoms with van der Waals surface area (Å²) in [5, 5.41) is 13.6. The quantitative estimate of drug-likeness (QED) is 0.181. The van der Waals surface area contributed by atoms with Crippen LogP contribution < -0.4 is 9.47 Å². The first-order valence-electron chi connectivity index (χ1n) is 13.5. The Labute approximate surface area is 241 Å². The highest BCUT2D eigenvalue weighted by atomic mass is 16.6. The standard InChI is InChI=1S/C32H27N7O3/c1-20-9-13-23(14-10-20)28-27-21(2)36-39(24-7-5-4-6-8-24)32(27)42-31-29(28)30-35-26(37-38(30)19-33-31)18-41-34-17-22-11-15-25(40-3)16-12-22/h4-17,19,28H,18H2,1-3H3/b34-17-/t28-/m1/s1. The summed E-state index contributed by atoms with van der Waals surface area (Å²) in [4.78, 5) is 15.0. The molecular formula is C32H27N7O3. The second-order valence-corrected chi connectivity index (χ2v) is 10.0. The highest BCUT2D eigenvalue weighted by Crippen LogP contribution is 2.49. The average Bonchev–Trinajstić information content (AvgIpc) is 3.60. The lowest BCUT2D eigenvalue weighted by atomic mass is 9.84. The van der Waals surface area contributed by atoms with E-state index in [9.17, 15) is 0 Å². The Bertz CT molecular complexity index is 1910. The van der Waals surface area contributed by atoms with Gasteiger partial charge in [-0.15, -0.1) is 5.10 Å². The second kappa shape index (κ2) is 10.5. The molecule has 42 heavy (non-hydrogen) atoms. The number of rotatable bonds is 7. The second-order valence-electron chi connectivity index (χ2n) is 10.0. The third-order valence-electron chi connectivity index (χ3n) is 7.26. The van der Waals surface area contributed by atoms with Crippen molar-refractivity contribution in [2.75, 3.05) is 7.11 Å². The van der Waals surface area contributed by atoms with Gasteiger partial charge in [0.25, 0.3) is 0 Å². The van der Waals surface area contributed by atoms with Gasteiger partial charge in [-0.25, -0.2) is 19.2 Å². The van der Waals surface area contributed by atoms with Crippen LogP contribution in [0.1, 0.15) is 45.3 Å². The number of fused-ring (bicyclic) bond motifs is 4. The third-order valence-corrected chi connectivity index (χ3v) is 7.26. The van der Waals surface area contributed by atoms with E-state index in [2.05, 4.69) is 46.4 Å². The summed E-state index contributed by atoms with van der Waals surface area (Å²) < 4.78 is 15.2. The van der Waals surface area contributed by atoms with Crippen molar-refractivity contribution in [3.63, 3.8) is 0 Å². The summed E-state index contributed by atoms with van der Waals surface area (Å²) >= 11 is 0. The average molecular weight is 558 g/mol. The van der Waals surface area contributed by atoms with Crippen LogP contribution in [0.4, 0.5) is 0 Å². The Hall–Kier alpha value is -5.51. The monoisotopic (exact) mass is 557 g/mol. The van der Waals surface area contributed by atoms with Crippen LogP contribution in [0.15, 0.2) is 90.3 Å². The predicted octanol–water partition coefficient (Wildman–Crippen LogP) is 5.77. The van der Waals surface area contributed by atoms with Crippen LogP contribution >= 0.6 is 0 Å². The van der Waals surface area contributed by atoms with E-state index in [1.165, 1.54) is 5.56 Å². The van der Waals surface area contributed by atoms with Gasteiger partial charge in [-0.3, -0.25) is 0 Å². The first kappa shape index (κ1) is 25.5. The van der Waals surface area contributed by atoms with Crippen LogP contribution in [0.5, 0.6) is 17.5 Å². The number of nitrogens with zero attached hydrogens (tertiary/aromatic N) is 7. The van der Waals surface area contributed by atoms with Crippen molar-refractivity contribution in [2.24, 2.45) is 5.16 Å². The molecule has 208 valence electrons. The fraction of sp³-hybridized carbons (Fsp3) is 0.156. The molecule has 0 aliphatic carbocycles. The summed E-state index contributed by atoms with van der Waals surface area (Å²) in [6.07, 6.45) is 3.24. The van der Waals surface area contributed by atoms with Crippen LogP contribution in [0.2, 0.25) is 0 Å². The summed E-state index contributed by atoms with van der Waals surface area (Å²) in [5.74, 6) is 2.15. The first-order valence-corrected chi connectivity index (χ1v) is 13.5. The molecule has 6 aromatic rings. The topological polar surface area (TPSA) is 101 Å². The normalized spacial score (nSPS) is 14.0. The number of benzene rings is 3. The lowest BCUT2D eigenvalue weighted by Crippen LogP contribution is -2.16. The maximum Gasteiger partial charge on any atom is 0.230 e. The van der Waals surface area contributed by atoms with E-state index in [0.29, 0.717) is 23.2 Å². The maximum absolute atomic E-state index is 6.49. The van der Waals surface area contributed by atoms with Gasteiger partial charge in [-0.05, 0) is 61.4 Å². The highest BCUT2D eigenvalue weighted by Gasteiger charge is 2.38. The van der Waals surface area contributed by atoms with Crippen LogP contribution in [-0.2, 0) is 11.4 Å². The van der Waals surface area contributed by atoms with E-state index in [0.717, 1.165) is 39.4 Å². The van der Waals surface area contributed by atoms with Crippen molar-refractivity contribution >= 4 is 11.9 Å². The lowest BCUT2D eigenvalue weighted by Gasteiger charge is -2.26. The SMILES string of the molecule is COc1ccc(/C=N\OCc2nc3c4c(ncn3n2)Oc2c(c(C)nn2-c2ccccc2)[C@H]4c2ccc(C)cc2)cc1. The molecule has 0 unspecified atom stereocenters. The molecule has 10 heteroatoms. The molecule has 10 nitrogen and oxygen atoms in total. The Morgan fingerprint density at radius 3 is 2.48 bits per heavy atom. The van der Waals surface area contributed by atoms with Gasteiger partial charge in [0.2, 0.25) is 11.8 Å². The van der Waals surface area contributed by atoms with Crippen molar-refractivity contribution in [1.29, 1.82) is 0 Å². The van der Waals surface area contributed by atoms with Gasteiger partial charge in [-0.2, -0.15) is 5.10 Å². The molecule has 0 spiro atoms. The van der Waals surface area contributed by atoms with Gasteiger partial charge in [0.1, 0.15) is 12.1 Å². The van der Waals surface area contributed by atoms with E-state index in [1.807, 2.05) is 66.2 Å². The van der Waals surface area contributed by atoms with E-state index in [-0.39, 0.29) is 12.5 Å². The van der Waals surface area contributed by atoms with Gasteiger partial charge in [0, 0.05) is 0 Å². The molecule has 1 aliphatic rings. The fourth-order valence-electron chi connectivity index (χ4n) is 5.20. The van der Waals surface area contributed by atoms with Crippen molar-refractivity contribution in [3.05, 3.63) is 125 Å². The van der Waals surface area contributed by atoms with Gasteiger partial charge < -0.3 is 14.3 Å². The lowest BCUT2D eigenvalue weighted by molar-refractivity contribution is 0.126. The van der Waals surface area contributed by atoms with E-state index in [1.54, 1.807) is 24.2 Å². The zero-order chi connectivity index (χ0) is 28.6. The number of aromatic nitrogens is 6. The molecule has 3 aromatic heterocycles. The molecule has 3 aromatic carbocycles. The van der Waals surface area contributed by atoms with Crippen LogP contribution in [0.25, 0.3) is 11.3 Å². The van der Waals surface area contributed by atoms with Crippen molar-refractivity contribution in [3.8, 4) is 23.2 Å². The molecule has 0 bridgehead atoms. The highest BCUT2D eigenvalue weighted by molar-refractivity contribution is 5.79. The number of oxime groups is 1. The molecular weight excluding hydrogens is 530 g/mol. The molecule has 0 N–H and O–H groups in total. The number of hydrogen-bond donors (Lipinski definition) is 0. The van der Waals surface area contributed by atoms with E-state index >= 15 is 0 Å². The van der Waals surface area contributed by atoms with Crippen LogP contribution in [0, 0.1) is 13.8 Å². The van der Waals surface area contributed by atoms with Gasteiger partial charge in [0.05, 0.1) is 41.8 Å². The molecule has 0 fully saturated rings. The van der Waals surface area contributed by atoms with E-state index < -0.39 is 0 Å². The minimum atomic E-state index is -0.218. The number of methoxy groups -OCH3 is 1. The summed E-state index contributed by atoms with van der Waals surface area (Å²) in [6, 6.07) is 26.0. The minimum Gasteiger partial charge on any atom is -0.497 e. The summed E-state index contributed by atoms with van der Waals surface area (Å²) in [5.41, 5.74) is 7.35. The molecule has 1 aliphatic heterocycles. The van der Waals surface area contributed by atoms with Crippen LogP contribution in [0.3, 0.4) is 0 Å². The van der Waals surface area contributed by atoms with Gasteiger partial charge in [-0.1, -0.05) is 53.2 Å². The summed E-state index contributed by atoms with van der Waals surface area (Å²) in [6.45, 7) is 4.17. The molecule has 0 saturated heterocycles. The van der Waals surface area contributed by atoms with Gasteiger partial charge >= 0.3 is 0 Å². The fourth-order valence-corrected chi connectivity index (χ4v) is 5.20. The minimum absolute atomic E-state index is 0.0926. The molecule has 4 heterocycles. The molecule has 7 rings (SSSR count). The number of ether oxygens (including phenoxy) is 2. The van der Waals surface area contributed by atoms with Gasteiger partial charge in [0.15, 0.2) is 18.1 Å². The zero-order valence-electron chi connectivity index (χ0n) is 23.3. The van der Waals surface area contributed by atoms with Crippen molar-refractivity contribution < 1.29 is 14.3 Å². The number of aryl methyl sites for hydroxylation is 2. The van der Waals surface area contributed by atoms with Crippen molar-refractivity contribution in [2.45, 2.75) is 26.4 Å². The van der Waals surface area contributed by atoms with E-state index in [4.69, 9.17) is 24.4 Å². The molecule has 0 amide bonds. The smallest absolute Gasteiger partial charge is 0.230 e. The number of hydrogen-bond acceptors (Lipinski definition) is 8. The zero-order valence-corrected chi connectivity index (χ0v) is 23.3. The Morgan fingerprint density at radius 1 is 0.929 bits per heavy atom. The number of para-hydroxylation sites is 1. The maximum atomic E-state index is 6.49. The first-order chi connectivity index (χ1) is 20.6. The Morgan fingerprint density at radius 2 is 1.71 bits per heavy atom. The Kier molecular flexibility index (Phi) is 6.35. The van der Waals surface area contributed by atoms with Crippen molar-refractivity contribution in [1.82, 2.24) is 29.4 Å². The third kappa shape index (κ3) is 4.52. The molecule has 0 saturated carbocycles. The molecule has 0 radical (unpaired) electrons. The predicted molar refractivity (Wildman–Crippen MR) is 157 cm³/mol.